The number of hydrogen-bond acceptors (Lipinski definition) is 4. The van der Waals surface area contributed by atoms with Crippen molar-refractivity contribution >= 4 is 5.95 Å². The zero-order chi connectivity index (χ0) is 12.0. The Hall–Kier alpha value is -1.40. The molecule has 7 heteroatoms. The normalized spacial score (nSPS) is 18.3. The Balaban J connectivity index is 2.19. The Morgan fingerprint density at radius 2 is 1.75 bits per heavy atom. The van der Waals surface area contributed by atoms with Crippen LogP contribution in [-0.2, 0) is 0 Å². The Bertz CT molecular complexity index is 412. The Labute approximate surface area is 90.3 Å². The molecule has 0 aromatic carbocycles. The molecule has 0 atom stereocenters. The quantitative estimate of drug-likeness (QED) is 0.847. The van der Waals surface area contributed by atoms with Crippen molar-refractivity contribution in [2.24, 2.45) is 0 Å². The topological polar surface area (TPSA) is 50.7 Å². The molecular formula is C9H11F3N4. The Morgan fingerprint density at radius 3 is 2.19 bits per heavy atom. The molecule has 1 aromatic rings. The molecule has 0 unspecified atom stereocenters. The lowest BCUT2D eigenvalue weighted by Crippen LogP contribution is -2.39. The van der Waals surface area contributed by atoms with E-state index in [4.69, 9.17) is 0 Å². The van der Waals surface area contributed by atoms with Crippen LogP contribution in [0.1, 0.15) is 24.2 Å². The molecule has 1 aromatic heterocycles. The van der Waals surface area contributed by atoms with Crippen molar-refractivity contribution in [1.82, 2.24) is 15.2 Å². The van der Waals surface area contributed by atoms with E-state index in [1.54, 1.807) is 13.8 Å². The van der Waals surface area contributed by atoms with Crippen molar-refractivity contribution in [3.05, 3.63) is 11.4 Å². The highest BCUT2D eigenvalue weighted by Crippen LogP contribution is 2.50. The number of rotatable bonds is 2. The van der Waals surface area contributed by atoms with E-state index in [1.165, 1.54) is 0 Å². The van der Waals surface area contributed by atoms with Gasteiger partial charge in [-0.25, -0.2) is 4.98 Å². The minimum Gasteiger partial charge on any atom is -0.339 e. The molecule has 0 saturated heterocycles. The molecule has 1 N–H and O–H groups in total. The van der Waals surface area contributed by atoms with Crippen molar-refractivity contribution in [1.29, 1.82) is 0 Å². The van der Waals surface area contributed by atoms with E-state index in [9.17, 15) is 13.2 Å². The number of nitrogens with zero attached hydrogens (tertiary/aromatic N) is 3. The van der Waals surface area contributed by atoms with Gasteiger partial charge in [-0.05, 0) is 26.7 Å². The predicted molar refractivity (Wildman–Crippen MR) is 50.9 cm³/mol. The third kappa shape index (κ3) is 1.81. The summed E-state index contributed by atoms with van der Waals surface area (Å²) in [5, 5.41) is 9.66. The summed E-state index contributed by atoms with van der Waals surface area (Å²) in [5.74, 6) is -0.0575. The summed E-state index contributed by atoms with van der Waals surface area (Å²) in [6.45, 7) is 3.39. The number of aromatic nitrogens is 3. The van der Waals surface area contributed by atoms with E-state index in [1.807, 2.05) is 0 Å². The summed E-state index contributed by atoms with van der Waals surface area (Å²) in [7, 11) is 0. The largest absolute Gasteiger partial charge is 0.411 e. The van der Waals surface area contributed by atoms with Gasteiger partial charge in [-0.2, -0.15) is 18.3 Å². The average molecular weight is 232 g/mol. The van der Waals surface area contributed by atoms with E-state index in [0.29, 0.717) is 11.4 Å². The van der Waals surface area contributed by atoms with Gasteiger partial charge in [0.15, 0.2) is 0 Å². The van der Waals surface area contributed by atoms with E-state index >= 15 is 0 Å². The minimum absolute atomic E-state index is 0.0575. The molecule has 16 heavy (non-hydrogen) atoms. The first kappa shape index (κ1) is 11.1. The molecule has 0 aliphatic heterocycles. The molecular weight excluding hydrogens is 221 g/mol. The second-order valence-corrected chi connectivity index (χ2v) is 4.01. The van der Waals surface area contributed by atoms with Crippen LogP contribution in [0.5, 0.6) is 0 Å². The van der Waals surface area contributed by atoms with Crippen LogP contribution in [0.4, 0.5) is 19.1 Å². The molecule has 1 aliphatic rings. The van der Waals surface area contributed by atoms with Gasteiger partial charge in [0.1, 0.15) is 5.54 Å². The van der Waals surface area contributed by atoms with Gasteiger partial charge >= 0.3 is 6.18 Å². The van der Waals surface area contributed by atoms with Crippen LogP contribution >= 0.6 is 0 Å². The van der Waals surface area contributed by atoms with Crippen LogP contribution in [0.2, 0.25) is 0 Å². The molecule has 0 amide bonds. The van der Waals surface area contributed by atoms with Crippen LogP contribution in [0, 0.1) is 13.8 Å². The fourth-order valence-electron chi connectivity index (χ4n) is 1.33. The van der Waals surface area contributed by atoms with E-state index in [-0.39, 0.29) is 18.8 Å². The molecule has 1 fully saturated rings. The van der Waals surface area contributed by atoms with Gasteiger partial charge in [0.05, 0.1) is 11.4 Å². The molecule has 4 nitrogen and oxygen atoms in total. The lowest BCUT2D eigenvalue weighted by atomic mass is 10.2. The molecule has 1 heterocycles. The number of aryl methyl sites for hydroxylation is 2. The summed E-state index contributed by atoms with van der Waals surface area (Å²) in [6, 6.07) is 0. The molecule has 2 rings (SSSR count). The van der Waals surface area contributed by atoms with Crippen LogP contribution in [0.15, 0.2) is 0 Å². The predicted octanol–water partition coefficient (Wildman–Crippen LogP) is 2.00. The fraction of sp³-hybridized carbons (Fsp3) is 0.667. The first-order valence-corrected chi connectivity index (χ1v) is 4.87. The molecule has 0 spiro atoms. The van der Waals surface area contributed by atoms with Crippen LogP contribution in [-0.4, -0.2) is 26.9 Å². The maximum atomic E-state index is 12.6. The van der Waals surface area contributed by atoms with Gasteiger partial charge in [0.25, 0.3) is 0 Å². The smallest absolute Gasteiger partial charge is 0.339 e. The zero-order valence-electron chi connectivity index (χ0n) is 8.89. The maximum Gasteiger partial charge on any atom is 0.411 e. The van der Waals surface area contributed by atoms with Gasteiger partial charge < -0.3 is 5.32 Å². The molecule has 0 radical (unpaired) electrons. The summed E-state index contributed by atoms with van der Waals surface area (Å²) in [6.07, 6.45) is -4.14. The Kier molecular flexibility index (Phi) is 2.28. The number of anilines is 1. The molecule has 0 bridgehead atoms. The molecule has 88 valence electrons. The second-order valence-electron chi connectivity index (χ2n) is 4.01. The summed E-state index contributed by atoms with van der Waals surface area (Å²) in [5.41, 5.74) is -0.644. The number of alkyl halides is 3. The molecule has 1 aliphatic carbocycles. The summed E-state index contributed by atoms with van der Waals surface area (Å²) in [4.78, 5) is 3.93. The van der Waals surface area contributed by atoms with Gasteiger partial charge in [-0.15, -0.1) is 5.10 Å². The first-order valence-electron chi connectivity index (χ1n) is 4.87. The Morgan fingerprint density at radius 1 is 1.12 bits per heavy atom. The van der Waals surface area contributed by atoms with Gasteiger partial charge in [-0.1, -0.05) is 0 Å². The van der Waals surface area contributed by atoms with Crippen LogP contribution in [0.25, 0.3) is 0 Å². The minimum atomic E-state index is -4.27. The number of nitrogens with one attached hydrogen (secondary N) is 1. The van der Waals surface area contributed by atoms with E-state index in [2.05, 4.69) is 20.5 Å². The zero-order valence-corrected chi connectivity index (χ0v) is 8.89. The average Bonchev–Trinajstić information content (AvgIpc) is 2.91. The van der Waals surface area contributed by atoms with E-state index < -0.39 is 11.7 Å². The van der Waals surface area contributed by atoms with Crippen molar-refractivity contribution in [2.45, 2.75) is 38.4 Å². The monoisotopic (exact) mass is 232 g/mol. The van der Waals surface area contributed by atoms with Gasteiger partial charge in [0.2, 0.25) is 5.95 Å². The van der Waals surface area contributed by atoms with Crippen molar-refractivity contribution < 1.29 is 13.2 Å². The standard InChI is InChI=1S/C9H11F3N4/c1-5-6(2)15-16-7(13-5)14-8(3-4-8)9(10,11)12/h3-4H2,1-2H3,(H,13,14,16). The molecule has 1 saturated carbocycles. The fourth-order valence-corrected chi connectivity index (χ4v) is 1.33. The first-order chi connectivity index (χ1) is 7.34. The van der Waals surface area contributed by atoms with E-state index in [0.717, 1.165) is 0 Å². The SMILES string of the molecule is Cc1nnc(NC2(C(F)(F)F)CC2)nc1C. The lowest BCUT2D eigenvalue weighted by molar-refractivity contribution is -0.151. The van der Waals surface area contributed by atoms with Crippen molar-refractivity contribution in [3.63, 3.8) is 0 Å². The third-order valence-electron chi connectivity index (χ3n) is 2.74. The van der Waals surface area contributed by atoms with Crippen molar-refractivity contribution in [2.75, 3.05) is 5.32 Å². The maximum absolute atomic E-state index is 12.6. The van der Waals surface area contributed by atoms with Gasteiger partial charge in [0, 0.05) is 0 Å². The number of hydrogen-bond donors (Lipinski definition) is 1. The summed E-state index contributed by atoms with van der Waals surface area (Å²) < 4.78 is 37.9. The third-order valence-corrected chi connectivity index (χ3v) is 2.74. The highest BCUT2D eigenvalue weighted by Gasteiger charge is 2.64. The van der Waals surface area contributed by atoms with Gasteiger partial charge in [-0.3, -0.25) is 0 Å². The lowest BCUT2D eigenvalue weighted by Gasteiger charge is -2.20. The number of halogens is 3. The van der Waals surface area contributed by atoms with Crippen LogP contribution in [0.3, 0.4) is 0 Å². The summed E-state index contributed by atoms with van der Waals surface area (Å²) >= 11 is 0. The highest BCUT2D eigenvalue weighted by molar-refractivity contribution is 5.35. The van der Waals surface area contributed by atoms with Crippen molar-refractivity contribution in [3.8, 4) is 0 Å². The van der Waals surface area contributed by atoms with Crippen LogP contribution < -0.4 is 5.32 Å². The highest BCUT2D eigenvalue weighted by atomic mass is 19.4. The second kappa shape index (κ2) is 3.29.